The van der Waals surface area contributed by atoms with Crippen LogP contribution in [0.25, 0.3) is 0 Å². The molecular formula is C13H23NO3. The molecule has 1 amide bonds. The number of rotatable bonds is 4. The lowest BCUT2D eigenvalue weighted by Gasteiger charge is -2.25. The molecule has 0 saturated carbocycles. The molecule has 0 saturated heterocycles. The number of Topliss-reactive ketones (excluding diaryl/α,β-unsaturated/α-hetero) is 1. The molecule has 1 atom stereocenters. The number of hydrogen-bond acceptors (Lipinski definition) is 3. The molecule has 0 aromatic carbocycles. The third kappa shape index (κ3) is 6.09. The Kier molecular flexibility index (Phi) is 5.39. The van der Waals surface area contributed by atoms with E-state index >= 15 is 0 Å². The fraction of sp³-hybridized carbons (Fsp3) is 0.692. The maximum Gasteiger partial charge on any atom is 0.408 e. The summed E-state index contributed by atoms with van der Waals surface area (Å²) in [6.45, 7) is 14.3. The minimum atomic E-state index is -0.581. The number of carbonyl (C=O) groups excluding carboxylic acids is 2. The molecule has 4 heteroatoms. The number of hydrogen-bond donors (Lipinski definition) is 1. The summed E-state index contributed by atoms with van der Waals surface area (Å²) >= 11 is 0. The Morgan fingerprint density at radius 3 is 2.00 bits per heavy atom. The number of nitrogens with one attached hydrogen (secondary N) is 1. The number of carbonyl (C=O) groups is 2. The van der Waals surface area contributed by atoms with Gasteiger partial charge in [-0.2, -0.15) is 0 Å². The maximum atomic E-state index is 11.8. The van der Waals surface area contributed by atoms with Gasteiger partial charge in [0.05, 0.1) is 6.04 Å². The van der Waals surface area contributed by atoms with Gasteiger partial charge in [0.25, 0.3) is 0 Å². The fourth-order valence-electron chi connectivity index (χ4n) is 1.23. The summed E-state index contributed by atoms with van der Waals surface area (Å²) in [4.78, 5) is 23.4. The minimum Gasteiger partial charge on any atom is -0.444 e. The van der Waals surface area contributed by atoms with Crippen molar-refractivity contribution in [2.45, 2.75) is 53.2 Å². The van der Waals surface area contributed by atoms with Crippen molar-refractivity contribution in [3.05, 3.63) is 12.2 Å². The first-order valence-electron chi connectivity index (χ1n) is 5.74. The van der Waals surface area contributed by atoms with Crippen molar-refractivity contribution in [3.8, 4) is 0 Å². The van der Waals surface area contributed by atoms with E-state index in [1.54, 1.807) is 27.7 Å². The normalized spacial score (nSPS) is 13.1. The van der Waals surface area contributed by atoms with E-state index in [2.05, 4.69) is 11.9 Å². The summed E-state index contributed by atoms with van der Waals surface area (Å²) in [5.41, 5.74) is -0.141. The number of amides is 1. The minimum absolute atomic E-state index is 0.00767. The van der Waals surface area contributed by atoms with E-state index in [0.29, 0.717) is 5.57 Å². The molecule has 0 aromatic heterocycles. The van der Waals surface area contributed by atoms with Crippen molar-refractivity contribution in [3.63, 3.8) is 0 Å². The molecule has 4 nitrogen and oxygen atoms in total. The molecule has 0 aliphatic heterocycles. The van der Waals surface area contributed by atoms with Gasteiger partial charge in [0, 0.05) is 0 Å². The molecule has 0 unspecified atom stereocenters. The largest absolute Gasteiger partial charge is 0.444 e. The van der Waals surface area contributed by atoms with E-state index in [4.69, 9.17) is 4.74 Å². The molecule has 1 N–H and O–H groups in total. The van der Waals surface area contributed by atoms with E-state index in [-0.39, 0.29) is 11.7 Å². The Balaban J connectivity index is 4.63. The maximum absolute atomic E-state index is 11.8. The highest BCUT2D eigenvalue weighted by molar-refractivity contribution is 6.00. The van der Waals surface area contributed by atoms with Crippen molar-refractivity contribution in [1.82, 2.24) is 5.32 Å². The molecule has 0 bridgehead atoms. The average molecular weight is 241 g/mol. The molecule has 0 aromatic rings. The second-order valence-corrected chi connectivity index (χ2v) is 5.51. The van der Waals surface area contributed by atoms with Gasteiger partial charge < -0.3 is 10.1 Å². The van der Waals surface area contributed by atoms with E-state index in [0.717, 1.165) is 0 Å². The van der Waals surface area contributed by atoms with Crippen molar-refractivity contribution in [2.24, 2.45) is 5.92 Å². The van der Waals surface area contributed by atoms with Crippen LogP contribution in [0.5, 0.6) is 0 Å². The van der Waals surface area contributed by atoms with Crippen LogP contribution in [0, 0.1) is 5.92 Å². The van der Waals surface area contributed by atoms with Crippen LogP contribution in [0.1, 0.15) is 41.5 Å². The van der Waals surface area contributed by atoms with Crippen LogP contribution in [0.4, 0.5) is 4.79 Å². The van der Waals surface area contributed by atoms with Gasteiger partial charge in [0.15, 0.2) is 5.78 Å². The first-order valence-corrected chi connectivity index (χ1v) is 5.74. The highest BCUT2D eigenvalue weighted by atomic mass is 16.6. The average Bonchev–Trinajstić information content (AvgIpc) is 2.09. The molecule has 0 aliphatic carbocycles. The molecule has 17 heavy (non-hydrogen) atoms. The molecule has 0 rings (SSSR count). The topological polar surface area (TPSA) is 55.4 Å². The fourth-order valence-corrected chi connectivity index (χ4v) is 1.23. The zero-order valence-corrected chi connectivity index (χ0v) is 11.6. The molecular weight excluding hydrogens is 218 g/mol. The van der Waals surface area contributed by atoms with Crippen LogP contribution in [0.2, 0.25) is 0 Å². The first-order chi connectivity index (χ1) is 7.54. The zero-order chi connectivity index (χ0) is 13.8. The summed E-state index contributed by atoms with van der Waals surface area (Å²) in [5, 5.41) is 2.58. The monoisotopic (exact) mass is 241 g/mol. The van der Waals surface area contributed by atoms with E-state index in [1.165, 1.54) is 0 Å². The van der Waals surface area contributed by atoms with Gasteiger partial charge in [-0.15, -0.1) is 0 Å². The molecule has 0 aliphatic rings. The smallest absolute Gasteiger partial charge is 0.408 e. The highest BCUT2D eigenvalue weighted by Crippen LogP contribution is 2.11. The van der Waals surface area contributed by atoms with Crippen LogP contribution in [-0.2, 0) is 9.53 Å². The van der Waals surface area contributed by atoms with Crippen LogP contribution in [0.3, 0.4) is 0 Å². The highest BCUT2D eigenvalue weighted by Gasteiger charge is 2.26. The number of alkyl carbamates (subject to hydrolysis) is 1. The predicted octanol–water partition coefficient (Wildman–Crippen LogP) is 2.68. The van der Waals surface area contributed by atoms with E-state index in [9.17, 15) is 9.59 Å². The van der Waals surface area contributed by atoms with Crippen molar-refractivity contribution in [1.29, 1.82) is 0 Å². The number of ketones is 1. The Morgan fingerprint density at radius 2 is 1.71 bits per heavy atom. The molecule has 98 valence electrons. The van der Waals surface area contributed by atoms with Crippen LogP contribution in [-0.4, -0.2) is 23.5 Å². The molecule has 0 heterocycles. The molecule has 0 spiro atoms. The Morgan fingerprint density at radius 1 is 1.24 bits per heavy atom. The lowest BCUT2D eigenvalue weighted by atomic mass is 9.96. The van der Waals surface area contributed by atoms with Gasteiger partial charge in [0.2, 0.25) is 0 Å². The van der Waals surface area contributed by atoms with Gasteiger partial charge in [-0.1, -0.05) is 20.4 Å². The predicted molar refractivity (Wildman–Crippen MR) is 67.8 cm³/mol. The second-order valence-electron chi connectivity index (χ2n) is 5.51. The SMILES string of the molecule is C=C(C)C(=O)[C@@H](NC(=O)OC(C)(C)C)C(C)C. The van der Waals surface area contributed by atoms with Gasteiger partial charge in [-0.3, -0.25) is 4.79 Å². The molecule has 0 fully saturated rings. The summed E-state index contributed by atoms with van der Waals surface area (Å²) in [6.07, 6.45) is -0.578. The van der Waals surface area contributed by atoms with E-state index in [1.807, 2.05) is 13.8 Å². The van der Waals surface area contributed by atoms with Gasteiger partial charge in [0.1, 0.15) is 5.60 Å². The second kappa shape index (κ2) is 5.84. The summed E-state index contributed by atoms with van der Waals surface area (Å²) in [6, 6.07) is -0.581. The van der Waals surface area contributed by atoms with Gasteiger partial charge in [-0.25, -0.2) is 4.79 Å². The van der Waals surface area contributed by atoms with Crippen LogP contribution >= 0.6 is 0 Å². The van der Waals surface area contributed by atoms with Crippen LogP contribution in [0.15, 0.2) is 12.2 Å². The lowest BCUT2D eigenvalue weighted by Crippen LogP contribution is -2.46. The Labute approximate surface area is 103 Å². The Bertz CT molecular complexity index is 313. The first kappa shape index (κ1) is 15.7. The van der Waals surface area contributed by atoms with Gasteiger partial charge in [-0.05, 0) is 39.2 Å². The summed E-state index contributed by atoms with van der Waals surface area (Å²) in [5.74, 6) is -0.169. The quantitative estimate of drug-likeness (QED) is 0.770. The standard InChI is InChI=1S/C13H23NO3/c1-8(2)10(11(15)9(3)4)14-12(16)17-13(5,6)7/h8,10H,3H2,1-2,4-7H3,(H,14,16)/t10-/m0/s1. The van der Waals surface area contributed by atoms with Crippen molar-refractivity contribution < 1.29 is 14.3 Å². The van der Waals surface area contributed by atoms with Crippen LogP contribution < -0.4 is 5.32 Å². The number of ether oxygens (including phenoxy) is 1. The third-order valence-corrected chi connectivity index (χ3v) is 2.04. The Hall–Kier alpha value is -1.32. The van der Waals surface area contributed by atoms with E-state index < -0.39 is 17.7 Å². The summed E-state index contributed by atoms with van der Waals surface area (Å²) in [7, 11) is 0. The lowest BCUT2D eigenvalue weighted by molar-refractivity contribution is -0.118. The van der Waals surface area contributed by atoms with Crippen molar-refractivity contribution in [2.75, 3.05) is 0 Å². The third-order valence-electron chi connectivity index (χ3n) is 2.04. The molecule has 0 radical (unpaired) electrons. The summed E-state index contributed by atoms with van der Waals surface area (Å²) < 4.78 is 5.12. The van der Waals surface area contributed by atoms with Gasteiger partial charge >= 0.3 is 6.09 Å². The zero-order valence-electron chi connectivity index (χ0n) is 11.6. The van der Waals surface area contributed by atoms with Crippen molar-refractivity contribution >= 4 is 11.9 Å².